The highest BCUT2D eigenvalue weighted by atomic mass is 32.2. The summed E-state index contributed by atoms with van der Waals surface area (Å²) in [6.07, 6.45) is 2.65. The van der Waals surface area contributed by atoms with Crippen molar-refractivity contribution in [2.75, 3.05) is 12.4 Å². The van der Waals surface area contributed by atoms with Crippen LogP contribution in [0.4, 0.5) is 0 Å². The molecule has 0 aliphatic heterocycles. The standard InChI is InChI=1S/C19H18N4O3S/c1-2-9-23-18(17-4-3-10-25-17)21-22-19(23)27-13-15(24)12-26-16-7-5-14(11-20)6-8-16/h2-8,10,15,24H,1,9,12-13H2. The van der Waals surface area contributed by atoms with Crippen LogP contribution in [-0.4, -0.2) is 38.3 Å². The summed E-state index contributed by atoms with van der Waals surface area (Å²) in [7, 11) is 0. The lowest BCUT2D eigenvalue weighted by molar-refractivity contribution is 0.126. The van der Waals surface area contributed by atoms with Crippen molar-refractivity contribution in [3.8, 4) is 23.4 Å². The van der Waals surface area contributed by atoms with Gasteiger partial charge in [0.2, 0.25) is 5.82 Å². The lowest BCUT2D eigenvalue weighted by Crippen LogP contribution is -2.20. The third kappa shape index (κ3) is 4.78. The van der Waals surface area contributed by atoms with E-state index in [1.807, 2.05) is 16.7 Å². The first-order chi connectivity index (χ1) is 13.2. The van der Waals surface area contributed by atoms with Crippen LogP contribution in [0.15, 0.2) is 64.9 Å². The van der Waals surface area contributed by atoms with Crippen LogP contribution in [0.5, 0.6) is 5.75 Å². The van der Waals surface area contributed by atoms with E-state index in [0.29, 0.717) is 40.4 Å². The summed E-state index contributed by atoms with van der Waals surface area (Å²) in [5, 5.41) is 28.0. The Kier molecular flexibility index (Phi) is 6.30. The maximum Gasteiger partial charge on any atom is 0.200 e. The molecule has 0 fully saturated rings. The predicted molar refractivity (Wildman–Crippen MR) is 101 cm³/mol. The normalized spacial score (nSPS) is 11.7. The number of allylic oxidation sites excluding steroid dienone is 1. The molecule has 0 radical (unpaired) electrons. The minimum Gasteiger partial charge on any atom is -0.491 e. The van der Waals surface area contributed by atoms with Gasteiger partial charge in [0.25, 0.3) is 0 Å². The molecule has 0 spiro atoms. The summed E-state index contributed by atoms with van der Waals surface area (Å²) >= 11 is 1.38. The molecule has 2 aromatic heterocycles. The largest absolute Gasteiger partial charge is 0.491 e. The van der Waals surface area contributed by atoms with Gasteiger partial charge in [-0.2, -0.15) is 5.26 Å². The highest BCUT2D eigenvalue weighted by molar-refractivity contribution is 7.99. The maximum absolute atomic E-state index is 10.2. The van der Waals surface area contributed by atoms with Crippen LogP contribution >= 0.6 is 11.8 Å². The second kappa shape index (κ2) is 9.07. The molecular weight excluding hydrogens is 364 g/mol. The second-order valence-corrected chi connectivity index (χ2v) is 6.58. The van der Waals surface area contributed by atoms with Gasteiger partial charge in [-0.15, -0.1) is 16.8 Å². The molecule has 1 unspecified atom stereocenters. The van der Waals surface area contributed by atoms with E-state index in [2.05, 4.69) is 16.8 Å². The van der Waals surface area contributed by atoms with Crippen molar-refractivity contribution in [3.05, 3.63) is 60.9 Å². The fourth-order valence-corrected chi connectivity index (χ4v) is 3.17. The molecule has 3 aromatic rings. The zero-order valence-electron chi connectivity index (χ0n) is 14.5. The Morgan fingerprint density at radius 3 is 2.81 bits per heavy atom. The summed E-state index contributed by atoms with van der Waals surface area (Å²) < 4.78 is 12.8. The number of aromatic nitrogens is 3. The molecule has 0 saturated carbocycles. The zero-order valence-corrected chi connectivity index (χ0v) is 15.3. The number of nitrogens with zero attached hydrogens (tertiary/aromatic N) is 4. The molecule has 8 heteroatoms. The molecule has 0 bridgehead atoms. The van der Waals surface area contributed by atoms with Gasteiger partial charge in [0.1, 0.15) is 12.4 Å². The Morgan fingerprint density at radius 2 is 2.15 bits per heavy atom. The first-order valence-electron chi connectivity index (χ1n) is 8.23. The van der Waals surface area contributed by atoms with Gasteiger partial charge in [-0.3, -0.25) is 4.57 Å². The first-order valence-corrected chi connectivity index (χ1v) is 9.21. The Labute approximate surface area is 160 Å². The van der Waals surface area contributed by atoms with Gasteiger partial charge in [0.05, 0.1) is 24.0 Å². The number of hydrogen-bond acceptors (Lipinski definition) is 7. The van der Waals surface area contributed by atoms with Crippen LogP contribution in [0.1, 0.15) is 5.56 Å². The molecule has 1 aromatic carbocycles. The van der Waals surface area contributed by atoms with Crippen LogP contribution in [0.25, 0.3) is 11.6 Å². The summed E-state index contributed by atoms with van der Waals surface area (Å²) in [4.78, 5) is 0. The summed E-state index contributed by atoms with van der Waals surface area (Å²) in [5.74, 6) is 2.24. The molecule has 138 valence electrons. The van der Waals surface area contributed by atoms with E-state index in [-0.39, 0.29) is 6.61 Å². The van der Waals surface area contributed by atoms with Crippen LogP contribution in [0.2, 0.25) is 0 Å². The van der Waals surface area contributed by atoms with Crippen molar-refractivity contribution in [1.82, 2.24) is 14.8 Å². The van der Waals surface area contributed by atoms with Gasteiger partial charge in [0, 0.05) is 12.3 Å². The van der Waals surface area contributed by atoms with Crippen LogP contribution in [0.3, 0.4) is 0 Å². The highest BCUT2D eigenvalue weighted by Gasteiger charge is 2.17. The lowest BCUT2D eigenvalue weighted by Gasteiger charge is -2.12. The van der Waals surface area contributed by atoms with Crippen LogP contribution in [0, 0.1) is 11.3 Å². The highest BCUT2D eigenvalue weighted by Crippen LogP contribution is 2.25. The maximum atomic E-state index is 10.2. The van der Waals surface area contributed by atoms with Crippen molar-refractivity contribution in [2.45, 2.75) is 17.8 Å². The first kappa shape index (κ1) is 18.8. The molecule has 0 aliphatic rings. The molecule has 27 heavy (non-hydrogen) atoms. The zero-order chi connectivity index (χ0) is 19.1. The number of aliphatic hydroxyl groups is 1. The minimum absolute atomic E-state index is 0.138. The van der Waals surface area contributed by atoms with Gasteiger partial charge in [0.15, 0.2) is 10.9 Å². The minimum atomic E-state index is -0.688. The number of hydrogen-bond donors (Lipinski definition) is 1. The van der Waals surface area contributed by atoms with E-state index in [0.717, 1.165) is 0 Å². The van der Waals surface area contributed by atoms with Crippen molar-refractivity contribution in [3.63, 3.8) is 0 Å². The monoisotopic (exact) mass is 382 g/mol. The molecule has 0 aliphatic carbocycles. The van der Waals surface area contributed by atoms with Gasteiger partial charge >= 0.3 is 0 Å². The van der Waals surface area contributed by atoms with Crippen LogP contribution in [-0.2, 0) is 6.54 Å². The summed E-state index contributed by atoms with van der Waals surface area (Å²) in [6.45, 7) is 4.43. The average molecular weight is 382 g/mol. The van der Waals surface area contributed by atoms with Crippen molar-refractivity contribution >= 4 is 11.8 Å². The van der Waals surface area contributed by atoms with Gasteiger partial charge in [-0.25, -0.2) is 0 Å². The Morgan fingerprint density at radius 1 is 1.33 bits per heavy atom. The smallest absolute Gasteiger partial charge is 0.200 e. The summed E-state index contributed by atoms with van der Waals surface area (Å²) in [6, 6.07) is 12.4. The van der Waals surface area contributed by atoms with E-state index >= 15 is 0 Å². The van der Waals surface area contributed by atoms with Crippen molar-refractivity contribution < 1.29 is 14.3 Å². The van der Waals surface area contributed by atoms with E-state index in [9.17, 15) is 5.11 Å². The van der Waals surface area contributed by atoms with Crippen molar-refractivity contribution in [1.29, 1.82) is 5.26 Å². The van der Waals surface area contributed by atoms with E-state index in [1.54, 1.807) is 42.7 Å². The Hall–Kier alpha value is -3.02. The predicted octanol–water partition coefficient (Wildman–Crippen LogP) is 3.13. The van der Waals surface area contributed by atoms with Gasteiger partial charge in [-0.05, 0) is 36.4 Å². The fourth-order valence-electron chi connectivity index (χ4n) is 2.31. The third-order valence-corrected chi connectivity index (χ3v) is 4.71. The fraction of sp³-hybridized carbons (Fsp3) is 0.211. The molecule has 0 amide bonds. The number of nitriles is 1. The molecule has 2 heterocycles. The van der Waals surface area contributed by atoms with E-state index < -0.39 is 6.10 Å². The Bertz CT molecular complexity index is 914. The number of thioether (sulfide) groups is 1. The summed E-state index contributed by atoms with van der Waals surface area (Å²) in [5.41, 5.74) is 0.562. The number of benzene rings is 1. The van der Waals surface area contributed by atoms with Gasteiger partial charge < -0.3 is 14.3 Å². The van der Waals surface area contributed by atoms with Crippen molar-refractivity contribution in [2.24, 2.45) is 0 Å². The molecule has 1 N–H and O–H groups in total. The molecular formula is C19H18N4O3S. The number of rotatable bonds is 9. The van der Waals surface area contributed by atoms with Gasteiger partial charge in [-0.1, -0.05) is 17.8 Å². The molecule has 3 rings (SSSR count). The number of furan rings is 1. The van der Waals surface area contributed by atoms with E-state index in [4.69, 9.17) is 14.4 Å². The quantitative estimate of drug-likeness (QED) is 0.448. The average Bonchev–Trinajstić information content (AvgIpc) is 3.35. The van der Waals surface area contributed by atoms with E-state index in [1.165, 1.54) is 11.8 Å². The molecule has 7 nitrogen and oxygen atoms in total. The lowest BCUT2D eigenvalue weighted by atomic mass is 10.2. The third-order valence-electron chi connectivity index (χ3n) is 3.60. The number of aliphatic hydroxyl groups excluding tert-OH is 1. The topological polar surface area (TPSA) is 97.1 Å². The van der Waals surface area contributed by atoms with Crippen LogP contribution < -0.4 is 4.74 Å². The molecule has 0 saturated heterocycles. The molecule has 1 atom stereocenters. The SMILES string of the molecule is C=CCn1c(SCC(O)COc2ccc(C#N)cc2)nnc1-c1ccco1. The second-order valence-electron chi connectivity index (χ2n) is 5.59. The number of ether oxygens (including phenoxy) is 1. The Balaban J connectivity index is 1.57.